The van der Waals surface area contributed by atoms with Crippen molar-refractivity contribution < 1.29 is 9.59 Å². The predicted molar refractivity (Wildman–Crippen MR) is 73.6 cm³/mol. The second kappa shape index (κ2) is 6.89. The second-order valence-electron chi connectivity index (χ2n) is 5.74. The third-order valence-corrected chi connectivity index (χ3v) is 4.28. The molecular weight excluding hydrogens is 242 g/mol. The van der Waals surface area contributed by atoms with Gasteiger partial charge < -0.3 is 15.5 Å². The van der Waals surface area contributed by atoms with Crippen molar-refractivity contribution >= 4 is 11.8 Å². The number of nitrogens with zero attached hydrogens (tertiary/aromatic N) is 1. The topological polar surface area (TPSA) is 61.4 Å². The molecule has 2 atom stereocenters. The van der Waals surface area contributed by atoms with Crippen LogP contribution in [0.4, 0.5) is 0 Å². The maximum atomic E-state index is 12.1. The van der Waals surface area contributed by atoms with Crippen molar-refractivity contribution in [2.45, 2.75) is 45.1 Å². The minimum absolute atomic E-state index is 0.168. The van der Waals surface area contributed by atoms with E-state index in [0.717, 1.165) is 32.4 Å². The molecule has 2 N–H and O–H groups in total. The highest BCUT2D eigenvalue weighted by Gasteiger charge is 2.27. The largest absolute Gasteiger partial charge is 0.345 e. The average molecular weight is 267 g/mol. The summed E-state index contributed by atoms with van der Waals surface area (Å²) < 4.78 is 0. The molecule has 2 rings (SSSR count). The van der Waals surface area contributed by atoms with Crippen LogP contribution in [0.15, 0.2) is 0 Å². The first-order chi connectivity index (χ1) is 9.18. The van der Waals surface area contributed by atoms with Gasteiger partial charge in [0.2, 0.25) is 0 Å². The quantitative estimate of drug-likeness (QED) is 0.537. The molecule has 2 amide bonds. The number of amides is 2. The molecule has 0 aromatic heterocycles. The number of piperazine rings is 1. The Bertz CT molecular complexity index is 327. The molecule has 5 nitrogen and oxygen atoms in total. The lowest BCUT2D eigenvalue weighted by Crippen LogP contribution is -2.53. The van der Waals surface area contributed by atoms with E-state index in [-0.39, 0.29) is 11.9 Å². The zero-order valence-corrected chi connectivity index (χ0v) is 11.8. The SMILES string of the molecule is CC1CCCCCC1NC(=O)C(=O)N1CCNCC1. The molecule has 19 heavy (non-hydrogen) atoms. The Hall–Kier alpha value is -1.10. The fraction of sp³-hybridized carbons (Fsp3) is 0.857. The molecule has 5 heteroatoms. The van der Waals surface area contributed by atoms with E-state index in [4.69, 9.17) is 0 Å². The molecule has 1 heterocycles. The highest BCUT2D eigenvalue weighted by atomic mass is 16.2. The summed E-state index contributed by atoms with van der Waals surface area (Å²) in [5.41, 5.74) is 0. The van der Waals surface area contributed by atoms with Gasteiger partial charge in [-0.05, 0) is 18.8 Å². The third kappa shape index (κ3) is 3.93. The number of hydrogen-bond donors (Lipinski definition) is 2. The van der Waals surface area contributed by atoms with Crippen LogP contribution in [0, 0.1) is 5.92 Å². The molecule has 0 spiro atoms. The smallest absolute Gasteiger partial charge is 0.311 e. The Morgan fingerprint density at radius 1 is 1.11 bits per heavy atom. The summed E-state index contributed by atoms with van der Waals surface area (Å²) in [6.07, 6.45) is 5.77. The Balaban J connectivity index is 1.86. The van der Waals surface area contributed by atoms with Crippen molar-refractivity contribution in [1.29, 1.82) is 0 Å². The maximum Gasteiger partial charge on any atom is 0.311 e. The molecule has 108 valence electrons. The van der Waals surface area contributed by atoms with Crippen LogP contribution in [-0.4, -0.2) is 48.9 Å². The fourth-order valence-electron chi connectivity index (χ4n) is 2.95. The minimum atomic E-state index is -0.416. The highest BCUT2D eigenvalue weighted by Crippen LogP contribution is 2.22. The van der Waals surface area contributed by atoms with Crippen LogP contribution in [0.1, 0.15) is 39.0 Å². The van der Waals surface area contributed by atoms with Gasteiger partial charge in [0, 0.05) is 32.2 Å². The standard InChI is InChI=1S/C14H25N3O2/c1-11-5-3-2-4-6-12(11)16-13(18)14(19)17-9-7-15-8-10-17/h11-12,15H,2-10H2,1H3,(H,16,18). The lowest BCUT2D eigenvalue weighted by molar-refractivity contribution is -0.146. The summed E-state index contributed by atoms with van der Waals surface area (Å²) in [6, 6.07) is 0.168. The molecule has 1 aliphatic heterocycles. The molecule has 0 bridgehead atoms. The van der Waals surface area contributed by atoms with Gasteiger partial charge in [-0.1, -0.05) is 26.2 Å². The predicted octanol–water partition coefficient (Wildman–Crippen LogP) is 0.503. The lowest BCUT2D eigenvalue weighted by atomic mass is 9.97. The summed E-state index contributed by atoms with van der Waals surface area (Å²) in [7, 11) is 0. The molecule has 2 fully saturated rings. The van der Waals surface area contributed by atoms with E-state index in [1.165, 1.54) is 12.8 Å². The van der Waals surface area contributed by atoms with Gasteiger partial charge in [-0.25, -0.2) is 0 Å². The lowest BCUT2D eigenvalue weighted by Gasteiger charge is -2.28. The highest BCUT2D eigenvalue weighted by molar-refractivity contribution is 6.35. The summed E-state index contributed by atoms with van der Waals surface area (Å²) in [5, 5.41) is 6.13. The van der Waals surface area contributed by atoms with Crippen LogP contribution < -0.4 is 10.6 Å². The van der Waals surface area contributed by atoms with Crippen molar-refractivity contribution in [3.63, 3.8) is 0 Å². The van der Waals surface area contributed by atoms with Gasteiger partial charge in [-0.2, -0.15) is 0 Å². The van der Waals surface area contributed by atoms with Gasteiger partial charge in [-0.3, -0.25) is 9.59 Å². The molecule has 0 aromatic rings. The third-order valence-electron chi connectivity index (χ3n) is 4.28. The van der Waals surface area contributed by atoms with Crippen LogP contribution in [0.25, 0.3) is 0 Å². The van der Waals surface area contributed by atoms with E-state index in [9.17, 15) is 9.59 Å². The van der Waals surface area contributed by atoms with Crippen molar-refractivity contribution in [1.82, 2.24) is 15.5 Å². The molecular formula is C14H25N3O2. The molecule has 2 unspecified atom stereocenters. The van der Waals surface area contributed by atoms with E-state index < -0.39 is 5.91 Å². The number of nitrogens with one attached hydrogen (secondary N) is 2. The zero-order chi connectivity index (χ0) is 13.7. The van der Waals surface area contributed by atoms with Crippen LogP contribution in [0.5, 0.6) is 0 Å². The number of carbonyl (C=O) groups excluding carboxylic acids is 2. The maximum absolute atomic E-state index is 12.1. The van der Waals surface area contributed by atoms with Gasteiger partial charge >= 0.3 is 11.8 Å². The molecule has 1 aliphatic carbocycles. The van der Waals surface area contributed by atoms with Crippen molar-refractivity contribution in [3.8, 4) is 0 Å². The van der Waals surface area contributed by atoms with E-state index in [1.807, 2.05) is 0 Å². The van der Waals surface area contributed by atoms with Gasteiger partial charge in [0.25, 0.3) is 0 Å². The Kier molecular flexibility index (Phi) is 5.19. The zero-order valence-electron chi connectivity index (χ0n) is 11.8. The van der Waals surface area contributed by atoms with E-state index in [1.54, 1.807) is 4.90 Å². The first kappa shape index (κ1) is 14.3. The summed E-state index contributed by atoms with van der Waals surface area (Å²) in [6.45, 7) is 4.99. The Morgan fingerprint density at radius 2 is 1.79 bits per heavy atom. The average Bonchev–Trinajstić information content (AvgIpc) is 2.64. The van der Waals surface area contributed by atoms with Crippen molar-refractivity contribution in [2.24, 2.45) is 5.92 Å². The normalized spacial score (nSPS) is 28.6. The second-order valence-corrected chi connectivity index (χ2v) is 5.74. The van der Waals surface area contributed by atoms with Crippen LogP contribution in [-0.2, 0) is 9.59 Å². The molecule has 1 saturated heterocycles. The van der Waals surface area contributed by atoms with Gasteiger partial charge in [0.15, 0.2) is 0 Å². The van der Waals surface area contributed by atoms with Crippen LogP contribution >= 0.6 is 0 Å². The van der Waals surface area contributed by atoms with Crippen LogP contribution in [0.2, 0.25) is 0 Å². The molecule has 1 saturated carbocycles. The van der Waals surface area contributed by atoms with E-state index in [0.29, 0.717) is 19.0 Å². The van der Waals surface area contributed by atoms with Gasteiger partial charge in [-0.15, -0.1) is 0 Å². The van der Waals surface area contributed by atoms with E-state index in [2.05, 4.69) is 17.6 Å². The van der Waals surface area contributed by atoms with Crippen LogP contribution in [0.3, 0.4) is 0 Å². The van der Waals surface area contributed by atoms with Gasteiger partial charge in [0.05, 0.1) is 0 Å². The number of rotatable bonds is 1. The fourth-order valence-corrected chi connectivity index (χ4v) is 2.95. The number of hydrogen-bond acceptors (Lipinski definition) is 3. The van der Waals surface area contributed by atoms with Gasteiger partial charge in [0.1, 0.15) is 0 Å². The molecule has 0 aromatic carbocycles. The van der Waals surface area contributed by atoms with E-state index >= 15 is 0 Å². The summed E-state index contributed by atoms with van der Waals surface area (Å²) >= 11 is 0. The van der Waals surface area contributed by atoms with Crippen molar-refractivity contribution in [2.75, 3.05) is 26.2 Å². The monoisotopic (exact) mass is 267 g/mol. The Morgan fingerprint density at radius 3 is 2.53 bits per heavy atom. The van der Waals surface area contributed by atoms with Crippen molar-refractivity contribution in [3.05, 3.63) is 0 Å². The first-order valence-electron chi connectivity index (χ1n) is 7.49. The summed E-state index contributed by atoms with van der Waals surface area (Å²) in [4.78, 5) is 25.7. The molecule has 0 radical (unpaired) electrons. The minimum Gasteiger partial charge on any atom is -0.345 e. The number of carbonyl (C=O) groups is 2. The first-order valence-corrected chi connectivity index (χ1v) is 7.49. The Labute approximate surface area is 115 Å². The summed E-state index contributed by atoms with van der Waals surface area (Å²) in [5.74, 6) is -0.305. The molecule has 2 aliphatic rings.